The molecule has 94 valence electrons. The van der Waals surface area contributed by atoms with E-state index in [0.717, 1.165) is 19.3 Å². The molecule has 2 N–H and O–H groups in total. The van der Waals surface area contributed by atoms with Crippen LogP contribution in [0.3, 0.4) is 0 Å². The number of ether oxygens (including phenoxy) is 1. The highest BCUT2D eigenvalue weighted by Gasteiger charge is 2.22. The molecule has 0 aromatic rings. The minimum Gasteiger partial charge on any atom is -0.480 e. The molecule has 2 unspecified atom stereocenters. The molecule has 0 aliphatic heterocycles. The summed E-state index contributed by atoms with van der Waals surface area (Å²) in [7, 11) is 1.41. The second-order valence-electron chi connectivity index (χ2n) is 3.90. The molecule has 2 atom stereocenters. The predicted octanol–water partition coefficient (Wildman–Crippen LogP) is 1.03. The Hall–Kier alpha value is -1.10. The molecule has 0 spiro atoms. The van der Waals surface area contributed by atoms with Gasteiger partial charge in [-0.3, -0.25) is 4.79 Å². The topological polar surface area (TPSA) is 75.6 Å². The summed E-state index contributed by atoms with van der Waals surface area (Å²) in [4.78, 5) is 22.4. The van der Waals surface area contributed by atoms with Gasteiger partial charge in [0.1, 0.15) is 0 Å². The summed E-state index contributed by atoms with van der Waals surface area (Å²) in [5.74, 6) is -1.45. The first kappa shape index (κ1) is 14.9. The van der Waals surface area contributed by atoms with E-state index in [1.54, 1.807) is 6.92 Å². The van der Waals surface area contributed by atoms with Crippen LogP contribution in [0.4, 0.5) is 0 Å². The van der Waals surface area contributed by atoms with Crippen LogP contribution in [0, 0.1) is 5.92 Å². The van der Waals surface area contributed by atoms with E-state index in [2.05, 4.69) is 12.2 Å². The summed E-state index contributed by atoms with van der Waals surface area (Å²) in [6.07, 6.45) is 2.77. The van der Waals surface area contributed by atoms with Crippen LogP contribution in [0.5, 0.6) is 0 Å². The smallest absolute Gasteiger partial charge is 0.328 e. The van der Waals surface area contributed by atoms with Crippen LogP contribution >= 0.6 is 0 Å². The maximum atomic E-state index is 11.6. The van der Waals surface area contributed by atoms with Crippen LogP contribution in [-0.4, -0.2) is 36.7 Å². The van der Waals surface area contributed by atoms with Crippen molar-refractivity contribution in [3.63, 3.8) is 0 Å². The average molecular weight is 231 g/mol. The zero-order valence-corrected chi connectivity index (χ0v) is 10.2. The van der Waals surface area contributed by atoms with E-state index >= 15 is 0 Å². The molecule has 0 radical (unpaired) electrons. The highest BCUT2D eigenvalue weighted by molar-refractivity contribution is 5.84. The van der Waals surface area contributed by atoms with Crippen molar-refractivity contribution in [1.82, 2.24) is 5.32 Å². The van der Waals surface area contributed by atoms with Crippen LogP contribution < -0.4 is 5.32 Å². The number of carbonyl (C=O) groups is 2. The molecule has 5 nitrogen and oxygen atoms in total. The highest BCUT2D eigenvalue weighted by atomic mass is 16.5. The van der Waals surface area contributed by atoms with Crippen molar-refractivity contribution < 1.29 is 19.4 Å². The van der Waals surface area contributed by atoms with Gasteiger partial charge in [0.25, 0.3) is 0 Å². The zero-order chi connectivity index (χ0) is 12.6. The van der Waals surface area contributed by atoms with Crippen molar-refractivity contribution in [2.24, 2.45) is 5.92 Å². The number of aliphatic carboxylic acids is 1. The number of amides is 1. The van der Waals surface area contributed by atoms with E-state index in [1.165, 1.54) is 7.11 Å². The maximum Gasteiger partial charge on any atom is 0.328 e. The molecule has 1 amide bonds. The summed E-state index contributed by atoms with van der Waals surface area (Å²) in [5.41, 5.74) is 0. The van der Waals surface area contributed by atoms with Crippen molar-refractivity contribution >= 4 is 11.9 Å². The van der Waals surface area contributed by atoms with Gasteiger partial charge in [0.2, 0.25) is 5.91 Å². The molecular formula is C11H21NO4. The van der Waals surface area contributed by atoms with Gasteiger partial charge in [-0.25, -0.2) is 4.79 Å². The number of carboxylic acid groups (broad SMARTS) is 1. The number of hydrogen-bond acceptors (Lipinski definition) is 3. The van der Waals surface area contributed by atoms with Gasteiger partial charge in [-0.2, -0.15) is 0 Å². The lowest BCUT2D eigenvalue weighted by molar-refractivity contribution is -0.143. The third-order valence-corrected chi connectivity index (χ3v) is 2.39. The Morgan fingerprint density at radius 2 is 2.06 bits per heavy atom. The van der Waals surface area contributed by atoms with E-state index in [0.29, 0.717) is 0 Å². The van der Waals surface area contributed by atoms with E-state index in [9.17, 15) is 9.59 Å². The third kappa shape index (κ3) is 5.70. The Labute approximate surface area is 96.2 Å². The number of rotatable bonds is 8. The molecule has 0 aromatic heterocycles. The van der Waals surface area contributed by atoms with Crippen molar-refractivity contribution in [2.45, 2.75) is 39.2 Å². The van der Waals surface area contributed by atoms with Gasteiger partial charge >= 0.3 is 5.97 Å². The molecule has 0 aliphatic rings. The fourth-order valence-electron chi connectivity index (χ4n) is 1.30. The number of carboxylic acids is 1. The molecule has 0 bridgehead atoms. The van der Waals surface area contributed by atoms with E-state index in [4.69, 9.17) is 9.84 Å². The van der Waals surface area contributed by atoms with E-state index in [1.807, 2.05) is 0 Å². The summed E-state index contributed by atoms with van der Waals surface area (Å²) < 4.78 is 4.73. The molecule has 0 saturated heterocycles. The maximum absolute atomic E-state index is 11.6. The number of unbranched alkanes of at least 4 members (excludes halogenated alkanes) is 1. The molecule has 0 aliphatic carbocycles. The standard InChI is InChI=1S/C11H21NO4/c1-4-5-6-8(2)10(13)12-9(7-16-3)11(14)15/h8-9H,4-7H2,1-3H3,(H,12,13)(H,14,15). The van der Waals surface area contributed by atoms with Gasteiger partial charge in [-0.1, -0.05) is 26.7 Å². The Kier molecular flexibility index (Phi) is 7.54. The van der Waals surface area contributed by atoms with Gasteiger partial charge in [-0.05, 0) is 6.42 Å². The number of nitrogens with one attached hydrogen (secondary N) is 1. The van der Waals surface area contributed by atoms with E-state index < -0.39 is 12.0 Å². The van der Waals surface area contributed by atoms with Gasteiger partial charge < -0.3 is 15.2 Å². The second kappa shape index (κ2) is 8.10. The Balaban J connectivity index is 4.12. The molecule has 0 heterocycles. The van der Waals surface area contributed by atoms with Crippen molar-refractivity contribution in [3.8, 4) is 0 Å². The van der Waals surface area contributed by atoms with Crippen LogP contribution in [0.15, 0.2) is 0 Å². The summed E-state index contributed by atoms with van der Waals surface area (Å²) in [5, 5.41) is 11.3. The van der Waals surface area contributed by atoms with Crippen LogP contribution in [0.1, 0.15) is 33.1 Å². The zero-order valence-electron chi connectivity index (χ0n) is 10.2. The fraction of sp³-hybridized carbons (Fsp3) is 0.818. The normalized spacial score (nSPS) is 14.2. The molecule has 5 heteroatoms. The average Bonchev–Trinajstić information content (AvgIpc) is 2.24. The third-order valence-electron chi connectivity index (χ3n) is 2.39. The van der Waals surface area contributed by atoms with Crippen LogP contribution in [0.25, 0.3) is 0 Å². The lowest BCUT2D eigenvalue weighted by atomic mass is 10.0. The first-order chi connectivity index (χ1) is 7.52. The number of hydrogen-bond donors (Lipinski definition) is 2. The fourth-order valence-corrected chi connectivity index (χ4v) is 1.30. The minimum atomic E-state index is -1.07. The van der Waals surface area contributed by atoms with Gasteiger partial charge in [-0.15, -0.1) is 0 Å². The Bertz CT molecular complexity index is 230. The minimum absolute atomic E-state index is 0.0123. The summed E-state index contributed by atoms with van der Waals surface area (Å²) in [6, 6.07) is -0.957. The van der Waals surface area contributed by atoms with Crippen molar-refractivity contribution in [1.29, 1.82) is 0 Å². The Morgan fingerprint density at radius 1 is 1.44 bits per heavy atom. The quantitative estimate of drug-likeness (QED) is 0.654. The molecule has 16 heavy (non-hydrogen) atoms. The van der Waals surface area contributed by atoms with Gasteiger partial charge in [0.15, 0.2) is 6.04 Å². The first-order valence-electron chi connectivity index (χ1n) is 5.55. The number of carbonyl (C=O) groups excluding carboxylic acids is 1. The summed E-state index contributed by atoms with van der Waals surface area (Å²) >= 11 is 0. The van der Waals surface area contributed by atoms with Crippen LogP contribution in [-0.2, 0) is 14.3 Å². The van der Waals surface area contributed by atoms with Gasteiger partial charge in [0, 0.05) is 13.0 Å². The SMILES string of the molecule is CCCCC(C)C(=O)NC(COC)C(=O)O. The molecule has 0 aromatic carbocycles. The molecular weight excluding hydrogens is 210 g/mol. The lowest BCUT2D eigenvalue weighted by Crippen LogP contribution is -2.45. The molecule has 0 rings (SSSR count). The first-order valence-corrected chi connectivity index (χ1v) is 5.55. The largest absolute Gasteiger partial charge is 0.480 e. The second-order valence-corrected chi connectivity index (χ2v) is 3.90. The number of methoxy groups -OCH3 is 1. The molecule has 0 fully saturated rings. The van der Waals surface area contributed by atoms with E-state index in [-0.39, 0.29) is 18.4 Å². The lowest BCUT2D eigenvalue weighted by Gasteiger charge is -2.16. The monoisotopic (exact) mass is 231 g/mol. The summed E-state index contributed by atoms with van der Waals surface area (Å²) in [6.45, 7) is 3.84. The Morgan fingerprint density at radius 3 is 2.50 bits per heavy atom. The highest BCUT2D eigenvalue weighted by Crippen LogP contribution is 2.07. The van der Waals surface area contributed by atoms with Crippen molar-refractivity contribution in [2.75, 3.05) is 13.7 Å². The molecule has 0 saturated carbocycles. The van der Waals surface area contributed by atoms with Crippen LogP contribution in [0.2, 0.25) is 0 Å². The predicted molar refractivity (Wildman–Crippen MR) is 60.1 cm³/mol. The van der Waals surface area contributed by atoms with Gasteiger partial charge in [0.05, 0.1) is 6.61 Å². The van der Waals surface area contributed by atoms with Crippen molar-refractivity contribution in [3.05, 3.63) is 0 Å².